The van der Waals surface area contributed by atoms with Gasteiger partial charge in [-0.25, -0.2) is 0 Å². The second kappa shape index (κ2) is 5.11. The molecule has 1 unspecified atom stereocenters. The fourth-order valence-corrected chi connectivity index (χ4v) is 0.783. The standard InChI is InChI=1S/C8H19N3O/c1-5-10(3)8(9)6-11(4)7(2)12/h8H,5-6,9H2,1-4H3. The van der Waals surface area contributed by atoms with Gasteiger partial charge in [-0.05, 0) is 13.6 Å². The maximum Gasteiger partial charge on any atom is 0.219 e. The second-order valence-electron chi connectivity index (χ2n) is 3.04. The van der Waals surface area contributed by atoms with Gasteiger partial charge >= 0.3 is 0 Å². The van der Waals surface area contributed by atoms with Crippen LogP contribution in [-0.4, -0.2) is 49.1 Å². The normalized spacial score (nSPS) is 13.2. The lowest BCUT2D eigenvalue weighted by atomic mass is 10.4. The second-order valence-corrected chi connectivity index (χ2v) is 3.04. The van der Waals surface area contributed by atoms with Crippen LogP contribution in [0.25, 0.3) is 0 Å². The van der Waals surface area contributed by atoms with E-state index in [0.29, 0.717) is 6.54 Å². The number of amides is 1. The van der Waals surface area contributed by atoms with Gasteiger partial charge in [-0.2, -0.15) is 0 Å². The molecule has 0 saturated heterocycles. The zero-order chi connectivity index (χ0) is 9.72. The van der Waals surface area contributed by atoms with Crippen LogP contribution >= 0.6 is 0 Å². The molecular weight excluding hydrogens is 154 g/mol. The molecule has 0 radical (unpaired) electrons. The number of likely N-dealkylation sites (N-methyl/N-ethyl adjacent to an activating group) is 2. The van der Waals surface area contributed by atoms with Crippen LogP contribution in [0.2, 0.25) is 0 Å². The number of nitrogens with two attached hydrogens (primary N) is 1. The van der Waals surface area contributed by atoms with Crippen molar-refractivity contribution < 1.29 is 4.79 Å². The van der Waals surface area contributed by atoms with Gasteiger partial charge in [0.1, 0.15) is 0 Å². The molecule has 0 bridgehead atoms. The molecule has 0 rings (SSSR count). The first-order valence-electron chi connectivity index (χ1n) is 4.16. The molecule has 1 amide bonds. The van der Waals surface area contributed by atoms with Crippen molar-refractivity contribution in [2.24, 2.45) is 5.73 Å². The smallest absolute Gasteiger partial charge is 0.219 e. The predicted octanol–water partition coefficient (Wildman–Crippen LogP) is -0.299. The molecule has 0 aliphatic carbocycles. The third kappa shape index (κ3) is 3.69. The molecule has 0 aromatic rings. The van der Waals surface area contributed by atoms with Crippen molar-refractivity contribution >= 4 is 5.91 Å². The van der Waals surface area contributed by atoms with Gasteiger partial charge in [-0.1, -0.05) is 6.92 Å². The Balaban J connectivity index is 3.83. The van der Waals surface area contributed by atoms with E-state index in [2.05, 4.69) is 0 Å². The third-order valence-electron chi connectivity index (χ3n) is 2.06. The first-order chi connectivity index (χ1) is 5.49. The number of carbonyl (C=O) groups excluding carboxylic acids is 1. The Labute approximate surface area is 74.3 Å². The molecule has 0 aromatic heterocycles. The number of nitrogens with zero attached hydrogens (tertiary/aromatic N) is 2. The number of rotatable bonds is 4. The number of hydrogen-bond donors (Lipinski definition) is 1. The largest absolute Gasteiger partial charge is 0.343 e. The summed E-state index contributed by atoms with van der Waals surface area (Å²) in [5.41, 5.74) is 5.80. The fourth-order valence-electron chi connectivity index (χ4n) is 0.783. The lowest BCUT2D eigenvalue weighted by molar-refractivity contribution is -0.128. The van der Waals surface area contributed by atoms with E-state index in [9.17, 15) is 4.79 Å². The lowest BCUT2D eigenvalue weighted by Gasteiger charge is -2.27. The van der Waals surface area contributed by atoms with Crippen molar-refractivity contribution in [2.75, 3.05) is 27.2 Å². The molecule has 0 saturated carbocycles. The highest BCUT2D eigenvalue weighted by atomic mass is 16.2. The summed E-state index contributed by atoms with van der Waals surface area (Å²) in [7, 11) is 3.70. The van der Waals surface area contributed by atoms with Gasteiger partial charge in [0.05, 0.1) is 6.17 Å². The Morgan fingerprint density at radius 2 is 2.00 bits per heavy atom. The van der Waals surface area contributed by atoms with E-state index < -0.39 is 0 Å². The summed E-state index contributed by atoms with van der Waals surface area (Å²) in [6.07, 6.45) is -0.0658. The molecule has 12 heavy (non-hydrogen) atoms. The van der Waals surface area contributed by atoms with Crippen molar-refractivity contribution in [3.8, 4) is 0 Å². The molecule has 72 valence electrons. The zero-order valence-electron chi connectivity index (χ0n) is 8.37. The minimum Gasteiger partial charge on any atom is -0.343 e. The van der Waals surface area contributed by atoms with E-state index in [1.807, 2.05) is 18.9 Å². The Morgan fingerprint density at radius 1 is 1.50 bits per heavy atom. The number of carbonyl (C=O) groups is 1. The van der Waals surface area contributed by atoms with Crippen LogP contribution in [0.5, 0.6) is 0 Å². The molecule has 0 aliphatic rings. The van der Waals surface area contributed by atoms with E-state index in [1.165, 1.54) is 0 Å². The SMILES string of the molecule is CCN(C)C(N)CN(C)C(C)=O. The molecule has 1 atom stereocenters. The van der Waals surface area contributed by atoms with Gasteiger partial charge in [0.2, 0.25) is 5.91 Å². The van der Waals surface area contributed by atoms with Gasteiger partial charge in [0.25, 0.3) is 0 Å². The molecule has 0 aromatic carbocycles. The Kier molecular flexibility index (Phi) is 4.85. The minimum atomic E-state index is -0.0658. The molecule has 0 aliphatic heterocycles. The Bertz CT molecular complexity index is 149. The van der Waals surface area contributed by atoms with Gasteiger partial charge in [0.15, 0.2) is 0 Å². The van der Waals surface area contributed by atoms with Crippen LogP contribution < -0.4 is 5.73 Å². The van der Waals surface area contributed by atoms with Crippen molar-refractivity contribution in [2.45, 2.75) is 20.0 Å². The summed E-state index contributed by atoms with van der Waals surface area (Å²) < 4.78 is 0. The third-order valence-corrected chi connectivity index (χ3v) is 2.06. The molecule has 2 N–H and O–H groups in total. The van der Waals surface area contributed by atoms with E-state index in [4.69, 9.17) is 5.73 Å². The molecule has 0 fully saturated rings. The van der Waals surface area contributed by atoms with Crippen molar-refractivity contribution in [3.05, 3.63) is 0 Å². The highest BCUT2D eigenvalue weighted by molar-refractivity contribution is 5.72. The highest BCUT2D eigenvalue weighted by Crippen LogP contribution is 1.92. The molecule has 4 nitrogen and oxygen atoms in total. The van der Waals surface area contributed by atoms with Gasteiger partial charge < -0.3 is 10.6 Å². The summed E-state index contributed by atoms with van der Waals surface area (Å²) in [6, 6.07) is 0. The van der Waals surface area contributed by atoms with Crippen molar-refractivity contribution in [1.29, 1.82) is 0 Å². The van der Waals surface area contributed by atoms with Gasteiger partial charge in [0, 0.05) is 20.5 Å². The fraction of sp³-hybridized carbons (Fsp3) is 0.875. The quantitative estimate of drug-likeness (QED) is 0.594. The summed E-state index contributed by atoms with van der Waals surface area (Å²) >= 11 is 0. The predicted molar refractivity (Wildman–Crippen MR) is 49.6 cm³/mol. The van der Waals surface area contributed by atoms with Crippen LogP contribution in [0.3, 0.4) is 0 Å². The summed E-state index contributed by atoms with van der Waals surface area (Å²) in [5.74, 6) is 0.0509. The minimum absolute atomic E-state index is 0.0509. The summed E-state index contributed by atoms with van der Waals surface area (Å²) in [6.45, 7) is 5.05. The van der Waals surface area contributed by atoms with Crippen LogP contribution in [0.15, 0.2) is 0 Å². The molecular formula is C8H19N3O. The van der Waals surface area contributed by atoms with E-state index >= 15 is 0 Å². The van der Waals surface area contributed by atoms with Crippen LogP contribution in [0.4, 0.5) is 0 Å². The van der Waals surface area contributed by atoms with Gasteiger partial charge in [-0.15, -0.1) is 0 Å². The molecule has 0 heterocycles. The summed E-state index contributed by atoms with van der Waals surface area (Å²) in [5, 5.41) is 0. The Morgan fingerprint density at radius 3 is 2.33 bits per heavy atom. The summed E-state index contributed by atoms with van der Waals surface area (Å²) in [4.78, 5) is 14.5. The molecule has 4 heteroatoms. The number of hydrogen-bond acceptors (Lipinski definition) is 3. The molecule has 0 spiro atoms. The van der Waals surface area contributed by atoms with Crippen molar-refractivity contribution in [3.63, 3.8) is 0 Å². The van der Waals surface area contributed by atoms with Crippen LogP contribution in [-0.2, 0) is 4.79 Å². The van der Waals surface area contributed by atoms with E-state index in [0.717, 1.165) is 6.54 Å². The lowest BCUT2D eigenvalue weighted by Crippen LogP contribution is -2.47. The van der Waals surface area contributed by atoms with E-state index in [-0.39, 0.29) is 12.1 Å². The first-order valence-corrected chi connectivity index (χ1v) is 4.16. The average molecular weight is 173 g/mol. The van der Waals surface area contributed by atoms with Gasteiger partial charge in [-0.3, -0.25) is 9.69 Å². The zero-order valence-corrected chi connectivity index (χ0v) is 8.37. The van der Waals surface area contributed by atoms with Crippen molar-refractivity contribution in [1.82, 2.24) is 9.80 Å². The maximum atomic E-state index is 10.8. The Hall–Kier alpha value is -0.610. The van der Waals surface area contributed by atoms with Crippen LogP contribution in [0.1, 0.15) is 13.8 Å². The topological polar surface area (TPSA) is 49.6 Å². The highest BCUT2D eigenvalue weighted by Gasteiger charge is 2.11. The maximum absolute atomic E-state index is 10.8. The van der Waals surface area contributed by atoms with Crippen LogP contribution in [0, 0.1) is 0 Å². The monoisotopic (exact) mass is 173 g/mol. The first kappa shape index (κ1) is 11.4. The van der Waals surface area contributed by atoms with E-state index in [1.54, 1.807) is 18.9 Å². The average Bonchev–Trinajstić information content (AvgIpc) is 2.02.